The molecule has 0 bridgehead atoms. The first-order valence-corrected chi connectivity index (χ1v) is 6.30. The molecule has 2 atom stereocenters. The third kappa shape index (κ3) is 4.12. The smallest absolute Gasteiger partial charge is 0.0779 e. The zero-order chi connectivity index (χ0) is 11.5. The van der Waals surface area contributed by atoms with E-state index in [9.17, 15) is 5.11 Å². The molecule has 0 aliphatic heterocycles. The van der Waals surface area contributed by atoms with Crippen LogP contribution in [0.2, 0.25) is 0 Å². The summed E-state index contributed by atoms with van der Waals surface area (Å²) in [5.74, 6) is 0.641. The molecule has 1 aliphatic carbocycles. The number of aliphatic hydroxyl groups is 1. The first kappa shape index (κ1) is 13.0. The topological polar surface area (TPSA) is 32.3 Å². The van der Waals surface area contributed by atoms with Crippen molar-refractivity contribution in [2.75, 3.05) is 13.1 Å². The first-order valence-electron chi connectivity index (χ1n) is 6.30. The van der Waals surface area contributed by atoms with E-state index in [1.807, 2.05) is 0 Å². The van der Waals surface area contributed by atoms with Gasteiger partial charge in [0.2, 0.25) is 0 Å². The van der Waals surface area contributed by atoms with E-state index in [0.29, 0.717) is 11.3 Å². The fraction of sp³-hybridized carbons (Fsp3) is 1.00. The van der Waals surface area contributed by atoms with Gasteiger partial charge in [-0.15, -0.1) is 0 Å². The van der Waals surface area contributed by atoms with Crippen molar-refractivity contribution in [3.05, 3.63) is 0 Å². The maximum Gasteiger partial charge on any atom is 0.0779 e. The lowest BCUT2D eigenvalue weighted by Crippen LogP contribution is -2.48. The normalized spacial score (nSPS) is 35.4. The average Bonchev–Trinajstić information content (AvgIpc) is 1.98. The van der Waals surface area contributed by atoms with E-state index in [1.165, 1.54) is 6.42 Å². The van der Waals surface area contributed by atoms with Crippen LogP contribution in [-0.2, 0) is 0 Å². The second-order valence-electron chi connectivity index (χ2n) is 6.26. The summed E-state index contributed by atoms with van der Waals surface area (Å²) < 4.78 is 0. The molecule has 2 N–H and O–H groups in total. The van der Waals surface area contributed by atoms with Gasteiger partial charge in [0.1, 0.15) is 0 Å². The van der Waals surface area contributed by atoms with Crippen LogP contribution >= 0.6 is 0 Å². The van der Waals surface area contributed by atoms with Crippen LogP contribution in [0.4, 0.5) is 0 Å². The predicted octanol–water partition coefficient (Wildman–Crippen LogP) is 2.56. The van der Waals surface area contributed by atoms with Gasteiger partial charge in [0, 0.05) is 6.54 Å². The largest absolute Gasteiger partial charge is 0.389 e. The number of nitrogens with one attached hydrogen (secondary N) is 1. The Hall–Kier alpha value is -0.0800. The molecule has 2 unspecified atom stereocenters. The van der Waals surface area contributed by atoms with E-state index in [2.05, 4.69) is 33.0 Å². The maximum absolute atomic E-state index is 10.5. The van der Waals surface area contributed by atoms with E-state index in [4.69, 9.17) is 0 Å². The lowest BCUT2D eigenvalue weighted by atomic mass is 9.66. The van der Waals surface area contributed by atoms with Crippen molar-refractivity contribution in [1.29, 1.82) is 0 Å². The quantitative estimate of drug-likeness (QED) is 0.703. The zero-order valence-electron chi connectivity index (χ0n) is 10.8. The summed E-state index contributed by atoms with van der Waals surface area (Å²) in [5, 5.41) is 13.9. The molecular formula is C13H27NO. The van der Waals surface area contributed by atoms with Gasteiger partial charge < -0.3 is 10.4 Å². The van der Waals surface area contributed by atoms with Crippen LogP contribution in [0.1, 0.15) is 53.4 Å². The van der Waals surface area contributed by atoms with Crippen LogP contribution in [0, 0.1) is 11.3 Å². The molecule has 2 nitrogen and oxygen atoms in total. The van der Waals surface area contributed by atoms with E-state index < -0.39 is 5.60 Å². The molecule has 1 rings (SSSR count). The fourth-order valence-corrected chi connectivity index (χ4v) is 3.33. The molecule has 0 heterocycles. The molecule has 1 saturated carbocycles. The van der Waals surface area contributed by atoms with Gasteiger partial charge in [0.25, 0.3) is 0 Å². The molecule has 90 valence electrons. The minimum atomic E-state index is -0.476. The molecule has 2 heteroatoms. The van der Waals surface area contributed by atoms with Crippen molar-refractivity contribution >= 4 is 0 Å². The zero-order valence-corrected chi connectivity index (χ0v) is 10.8. The third-order valence-corrected chi connectivity index (χ3v) is 3.32. The summed E-state index contributed by atoms with van der Waals surface area (Å²) in [5.41, 5.74) is -0.184. The van der Waals surface area contributed by atoms with Crippen LogP contribution in [0.15, 0.2) is 0 Å². The van der Waals surface area contributed by atoms with Crippen molar-refractivity contribution in [3.63, 3.8) is 0 Å². The molecule has 1 aliphatic rings. The second kappa shape index (κ2) is 4.84. The summed E-state index contributed by atoms with van der Waals surface area (Å²) in [6.45, 7) is 10.7. The Bertz CT molecular complexity index is 203. The average molecular weight is 213 g/mol. The number of rotatable bonds is 4. The minimum Gasteiger partial charge on any atom is -0.389 e. The van der Waals surface area contributed by atoms with E-state index in [0.717, 1.165) is 32.4 Å². The highest BCUT2D eigenvalue weighted by Crippen LogP contribution is 2.43. The van der Waals surface area contributed by atoms with Crippen molar-refractivity contribution in [1.82, 2.24) is 5.32 Å². The molecule has 0 radical (unpaired) electrons. The Morgan fingerprint density at radius 1 is 1.33 bits per heavy atom. The van der Waals surface area contributed by atoms with Crippen LogP contribution in [0.25, 0.3) is 0 Å². The van der Waals surface area contributed by atoms with Crippen molar-refractivity contribution in [2.24, 2.45) is 11.3 Å². The summed E-state index contributed by atoms with van der Waals surface area (Å²) in [4.78, 5) is 0. The van der Waals surface area contributed by atoms with Crippen molar-refractivity contribution in [3.8, 4) is 0 Å². The Balaban J connectivity index is 2.51. The van der Waals surface area contributed by atoms with Gasteiger partial charge in [-0.25, -0.2) is 0 Å². The monoisotopic (exact) mass is 213 g/mol. The Morgan fingerprint density at radius 3 is 2.53 bits per heavy atom. The molecular weight excluding hydrogens is 186 g/mol. The van der Waals surface area contributed by atoms with E-state index in [-0.39, 0.29) is 0 Å². The van der Waals surface area contributed by atoms with E-state index in [1.54, 1.807) is 0 Å². The van der Waals surface area contributed by atoms with Crippen molar-refractivity contribution in [2.45, 2.75) is 59.0 Å². The van der Waals surface area contributed by atoms with Gasteiger partial charge in [-0.3, -0.25) is 0 Å². The van der Waals surface area contributed by atoms with Gasteiger partial charge in [-0.05, 0) is 43.6 Å². The second-order valence-corrected chi connectivity index (χ2v) is 6.26. The number of hydrogen-bond donors (Lipinski definition) is 2. The first-order chi connectivity index (χ1) is 6.87. The van der Waals surface area contributed by atoms with Crippen LogP contribution in [0.3, 0.4) is 0 Å². The summed E-state index contributed by atoms with van der Waals surface area (Å²) in [7, 11) is 0. The minimum absolute atomic E-state index is 0.292. The number of hydrogen-bond acceptors (Lipinski definition) is 2. The third-order valence-electron chi connectivity index (χ3n) is 3.32. The Morgan fingerprint density at radius 2 is 2.00 bits per heavy atom. The van der Waals surface area contributed by atoms with Crippen LogP contribution < -0.4 is 5.32 Å². The highest BCUT2D eigenvalue weighted by molar-refractivity contribution is 4.94. The van der Waals surface area contributed by atoms with Gasteiger partial charge in [-0.1, -0.05) is 27.7 Å². The molecule has 1 fully saturated rings. The van der Waals surface area contributed by atoms with Gasteiger partial charge >= 0.3 is 0 Å². The molecule has 0 aromatic carbocycles. The lowest BCUT2D eigenvalue weighted by molar-refractivity contribution is -0.0561. The molecule has 0 aromatic rings. The highest BCUT2D eigenvalue weighted by atomic mass is 16.3. The van der Waals surface area contributed by atoms with Crippen LogP contribution in [0.5, 0.6) is 0 Å². The van der Waals surface area contributed by atoms with Crippen LogP contribution in [-0.4, -0.2) is 23.8 Å². The maximum atomic E-state index is 10.5. The van der Waals surface area contributed by atoms with Gasteiger partial charge in [0.05, 0.1) is 5.60 Å². The Kier molecular flexibility index (Phi) is 4.19. The van der Waals surface area contributed by atoms with Gasteiger partial charge in [0.15, 0.2) is 0 Å². The summed E-state index contributed by atoms with van der Waals surface area (Å²) >= 11 is 0. The molecule has 0 spiro atoms. The SMILES string of the molecule is CCCNCC1(O)CC(C)CC(C)(C)C1. The molecule has 15 heavy (non-hydrogen) atoms. The van der Waals surface area contributed by atoms with Crippen molar-refractivity contribution < 1.29 is 5.11 Å². The fourth-order valence-electron chi connectivity index (χ4n) is 3.33. The summed E-state index contributed by atoms with van der Waals surface area (Å²) in [6, 6.07) is 0. The highest BCUT2D eigenvalue weighted by Gasteiger charge is 2.40. The lowest BCUT2D eigenvalue weighted by Gasteiger charge is -2.44. The molecule has 0 saturated heterocycles. The van der Waals surface area contributed by atoms with Gasteiger partial charge in [-0.2, -0.15) is 0 Å². The summed E-state index contributed by atoms with van der Waals surface area (Å²) in [6.07, 6.45) is 4.26. The molecule has 0 aromatic heterocycles. The predicted molar refractivity (Wildman–Crippen MR) is 64.9 cm³/mol. The standard InChI is InChI=1S/C13H27NO/c1-5-6-14-10-13(15)8-11(2)7-12(3,4)9-13/h11,14-15H,5-10H2,1-4H3. The Labute approximate surface area is 94.5 Å². The van der Waals surface area contributed by atoms with E-state index >= 15 is 0 Å². The molecule has 0 amide bonds.